The monoisotopic (exact) mass is 239 g/mol. The quantitative estimate of drug-likeness (QED) is 0.823. The Morgan fingerprint density at radius 2 is 1.67 bits per heavy atom. The fourth-order valence-corrected chi connectivity index (χ4v) is 1.66. The fraction of sp³-hybridized carbons (Fsp3) is 0.133. The van der Waals surface area contributed by atoms with Crippen LogP contribution in [0.4, 0.5) is 0 Å². The maximum absolute atomic E-state index is 8.96. The molecule has 0 aliphatic rings. The van der Waals surface area contributed by atoms with Crippen molar-refractivity contribution in [3.8, 4) is 17.6 Å². The van der Waals surface area contributed by atoms with E-state index in [1.165, 1.54) is 0 Å². The van der Waals surface area contributed by atoms with Crippen LogP contribution in [0.25, 0.3) is 0 Å². The second kappa shape index (κ2) is 5.74. The lowest BCUT2D eigenvalue weighted by Gasteiger charge is -2.10. The summed E-state index contributed by atoms with van der Waals surface area (Å²) in [5.74, 6) is 1.37. The van der Waals surface area contributed by atoms with E-state index in [2.05, 4.69) is 6.07 Å². The SMILES string of the molecule is COc1ccccc1COc1ccccc1C#N. The van der Waals surface area contributed by atoms with Gasteiger partial charge in [0.2, 0.25) is 0 Å². The summed E-state index contributed by atoms with van der Waals surface area (Å²) in [6.07, 6.45) is 0. The van der Waals surface area contributed by atoms with E-state index in [9.17, 15) is 0 Å². The number of para-hydroxylation sites is 2. The predicted molar refractivity (Wildman–Crippen MR) is 68.5 cm³/mol. The molecule has 0 amide bonds. The molecule has 0 radical (unpaired) electrons. The van der Waals surface area contributed by atoms with Gasteiger partial charge in [0.25, 0.3) is 0 Å². The van der Waals surface area contributed by atoms with Crippen LogP contribution in [-0.4, -0.2) is 7.11 Å². The third-order valence-corrected chi connectivity index (χ3v) is 2.58. The summed E-state index contributed by atoms with van der Waals surface area (Å²) in [5, 5.41) is 8.96. The molecule has 2 aromatic carbocycles. The van der Waals surface area contributed by atoms with Crippen molar-refractivity contribution in [1.82, 2.24) is 0 Å². The molecule has 0 unspecified atom stereocenters. The summed E-state index contributed by atoms with van der Waals surface area (Å²) >= 11 is 0. The number of methoxy groups -OCH3 is 1. The number of benzene rings is 2. The summed E-state index contributed by atoms with van der Waals surface area (Å²) < 4.78 is 10.9. The molecule has 2 aromatic rings. The lowest BCUT2D eigenvalue weighted by Crippen LogP contribution is -1.99. The largest absolute Gasteiger partial charge is 0.496 e. The number of hydrogen-bond donors (Lipinski definition) is 0. The zero-order chi connectivity index (χ0) is 12.8. The van der Waals surface area contributed by atoms with Crippen molar-refractivity contribution < 1.29 is 9.47 Å². The van der Waals surface area contributed by atoms with E-state index in [4.69, 9.17) is 14.7 Å². The minimum absolute atomic E-state index is 0.378. The molecule has 0 N–H and O–H groups in total. The van der Waals surface area contributed by atoms with Gasteiger partial charge >= 0.3 is 0 Å². The van der Waals surface area contributed by atoms with E-state index in [-0.39, 0.29) is 0 Å². The number of ether oxygens (including phenoxy) is 2. The van der Waals surface area contributed by atoms with Crippen LogP contribution in [0.15, 0.2) is 48.5 Å². The van der Waals surface area contributed by atoms with Crippen LogP contribution >= 0.6 is 0 Å². The fourth-order valence-electron chi connectivity index (χ4n) is 1.66. The van der Waals surface area contributed by atoms with Crippen molar-refractivity contribution in [2.45, 2.75) is 6.61 Å². The summed E-state index contributed by atoms with van der Waals surface area (Å²) in [4.78, 5) is 0. The first kappa shape index (κ1) is 12.0. The van der Waals surface area contributed by atoms with Gasteiger partial charge in [-0.15, -0.1) is 0 Å². The maximum atomic E-state index is 8.96. The van der Waals surface area contributed by atoms with Crippen molar-refractivity contribution in [3.05, 3.63) is 59.7 Å². The van der Waals surface area contributed by atoms with Crippen LogP contribution in [0, 0.1) is 11.3 Å². The Labute approximate surface area is 106 Å². The van der Waals surface area contributed by atoms with Crippen LogP contribution in [0.1, 0.15) is 11.1 Å². The highest BCUT2D eigenvalue weighted by molar-refractivity contribution is 5.43. The third kappa shape index (κ3) is 2.61. The lowest BCUT2D eigenvalue weighted by molar-refractivity contribution is 0.296. The van der Waals surface area contributed by atoms with Crippen LogP contribution in [0.3, 0.4) is 0 Å². The van der Waals surface area contributed by atoms with Crippen LogP contribution < -0.4 is 9.47 Å². The van der Waals surface area contributed by atoms with E-state index < -0.39 is 0 Å². The number of hydrogen-bond acceptors (Lipinski definition) is 3. The van der Waals surface area contributed by atoms with Gasteiger partial charge < -0.3 is 9.47 Å². The Morgan fingerprint density at radius 3 is 2.39 bits per heavy atom. The highest BCUT2D eigenvalue weighted by Gasteiger charge is 2.05. The van der Waals surface area contributed by atoms with Crippen LogP contribution in [-0.2, 0) is 6.61 Å². The summed E-state index contributed by atoms with van der Waals surface area (Å²) in [6.45, 7) is 0.378. The van der Waals surface area contributed by atoms with Crippen LogP contribution in [0.5, 0.6) is 11.5 Å². The average Bonchev–Trinajstić information content (AvgIpc) is 2.45. The van der Waals surface area contributed by atoms with Gasteiger partial charge in [0, 0.05) is 5.56 Å². The van der Waals surface area contributed by atoms with E-state index in [0.717, 1.165) is 11.3 Å². The van der Waals surface area contributed by atoms with Gasteiger partial charge in [-0.3, -0.25) is 0 Å². The summed E-state index contributed by atoms with van der Waals surface area (Å²) in [6, 6.07) is 16.9. The molecular formula is C15H13NO2. The second-order valence-electron chi connectivity index (χ2n) is 3.71. The van der Waals surface area contributed by atoms with Gasteiger partial charge in [-0.2, -0.15) is 5.26 Å². The van der Waals surface area contributed by atoms with Gasteiger partial charge in [0.05, 0.1) is 12.7 Å². The Kier molecular flexibility index (Phi) is 3.83. The lowest BCUT2D eigenvalue weighted by atomic mass is 10.2. The first-order valence-corrected chi connectivity index (χ1v) is 5.59. The molecule has 0 saturated heterocycles. The molecule has 0 spiro atoms. The van der Waals surface area contributed by atoms with Crippen LogP contribution in [0.2, 0.25) is 0 Å². The van der Waals surface area contributed by atoms with E-state index in [0.29, 0.717) is 17.9 Å². The molecule has 0 fully saturated rings. The van der Waals surface area contributed by atoms with Crippen molar-refractivity contribution in [2.24, 2.45) is 0 Å². The standard InChI is InChI=1S/C15H13NO2/c1-17-14-8-4-3-7-13(14)11-18-15-9-5-2-6-12(15)10-16/h2-9H,11H2,1H3. The molecule has 0 heterocycles. The van der Waals surface area contributed by atoms with Gasteiger partial charge in [-0.1, -0.05) is 30.3 Å². The van der Waals surface area contributed by atoms with Gasteiger partial charge in [-0.05, 0) is 18.2 Å². The molecule has 3 nitrogen and oxygen atoms in total. The van der Waals surface area contributed by atoms with Gasteiger partial charge in [-0.25, -0.2) is 0 Å². The normalized spacial score (nSPS) is 9.56. The average molecular weight is 239 g/mol. The Balaban J connectivity index is 2.14. The maximum Gasteiger partial charge on any atom is 0.137 e. The number of rotatable bonds is 4. The first-order chi connectivity index (χ1) is 8.85. The van der Waals surface area contributed by atoms with E-state index in [1.54, 1.807) is 19.2 Å². The third-order valence-electron chi connectivity index (χ3n) is 2.58. The number of nitriles is 1. The van der Waals surface area contributed by atoms with Gasteiger partial charge in [0.15, 0.2) is 0 Å². The molecule has 0 atom stereocenters. The zero-order valence-corrected chi connectivity index (χ0v) is 10.1. The molecule has 0 saturated carbocycles. The molecule has 18 heavy (non-hydrogen) atoms. The molecular weight excluding hydrogens is 226 g/mol. The second-order valence-corrected chi connectivity index (χ2v) is 3.71. The van der Waals surface area contributed by atoms with Crippen molar-refractivity contribution in [2.75, 3.05) is 7.11 Å². The predicted octanol–water partition coefficient (Wildman–Crippen LogP) is 3.15. The zero-order valence-electron chi connectivity index (χ0n) is 10.1. The first-order valence-electron chi connectivity index (χ1n) is 5.59. The Morgan fingerprint density at radius 1 is 1.00 bits per heavy atom. The molecule has 90 valence electrons. The van der Waals surface area contributed by atoms with E-state index >= 15 is 0 Å². The Bertz CT molecular complexity index is 573. The highest BCUT2D eigenvalue weighted by atomic mass is 16.5. The van der Waals surface area contributed by atoms with E-state index in [1.807, 2.05) is 36.4 Å². The minimum atomic E-state index is 0.378. The summed E-state index contributed by atoms with van der Waals surface area (Å²) in [7, 11) is 1.63. The number of nitrogens with zero attached hydrogens (tertiary/aromatic N) is 1. The van der Waals surface area contributed by atoms with Crippen molar-refractivity contribution in [3.63, 3.8) is 0 Å². The molecule has 3 heteroatoms. The molecule has 0 bridgehead atoms. The minimum Gasteiger partial charge on any atom is -0.496 e. The van der Waals surface area contributed by atoms with Gasteiger partial charge in [0.1, 0.15) is 24.2 Å². The molecule has 0 aromatic heterocycles. The molecule has 0 aliphatic heterocycles. The highest BCUT2D eigenvalue weighted by Crippen LogP contribution is 2.22. The summed E-state index contributed by atoms with van der Waals surface area (Å²) in [5.41, 5.74) is 1.49. The Hall–Kier alpha value is -2.47. The van der Waals surface area contributed by atoms with Crippen molar-refractivity contribution in [1.29, 1.82) is 5.26 Å². The molecule has 0 aliphatic carbocycles. The van der Waals surface area contributed by atoms with Crippen molar-refractivity contribution >= 4 is 0 Å². The topological polar surface area (TPSA) is 42.2 Å². The smallest absolute Gasteiger partial charge is 0.137 e. The molecule has 2 rings (SSSR count).